The van der Waals surface area contributed by atoms with E-state index in [1.165, 1.54) is 12.8 Å². The molecule has 0 aromatic carbocycles. The summed E-state index contributed by atoms with van der Waals surface area (Å²) in [4.78, 5) is 21.1. The minimum absolute atomic E-state index is 0.0667. The van der Waals surface area contributed by atoms with Gasteiger partial charge in [0, 0.05) is 24.7 Å². The van der Waals surface area contributed by atoms with Crippen molar-refractivity contribution in [1.29, 1.82) is 0 Å². The number of aromatic nitrogens is 2. The summed E-state index contributed by atoms with van der Waals surface area (Å²) in [6.45, 7) is 8.12. The van der Waals surface area contributed by atoms with Crippen molar-refractivity contribution < 1.29 is 0 Å². The molecule has 0 spiro atoms. The number of nitrogens with zero attached hydrogens (tertiary/aromatic N) is 2. The fourth-order valence-corrected chi connectivity index (χ4v) is 2.93. The summed E-state index contributed by atoms with van der Waals surface area (Å²) in [6, 6.07) is 2.44. The van der Waals surface area contributed by atoms with Crippen LogP contribution in [0.2, 0.25) is 0 Å². The summed E-state index contributed by atoms with van der Waals surface area (Å²) in [6.07, 6.45) is 3.57. The topological polar surface area (TPSA) is 61.0 Å². The van der Waals surface area contributed by atoms with Gasteiger partial charge in [0.15, 0.2) is 0 Å². The average Bonchev–Trinajstić information content (AvgIpc) is 2.38. The highest BCUT2D eigenvalue weighted by molar-refractivity contribution is 5.40. The van der Waals surface area contributed by atoms with E-state index in [0.717, 1.165) is 25.3 Å². The van der Waals surface area contributed by atoms with Crippen LogP contribution >= 0.6 is 0 Å². The molecule has 2 rings (SSSR count). The molecule has 0 bridgehead atoms. The molecule has 5 nitrogen and oxygen atoms in total. The Kier molecular flexibility index (Phi) is 4.58. The van der Waals surface area contributed by atoms with Gasteiger partial charge in [-0.2, -0.15) is 0 Å². The van der Waals surface area contributed by atoms with E-state index in [2.05, 4.69) is 34.0 Å². The molecule has 106 valence electrons. The maximum Gasteiger partial charge on any atom is 0.252 e. The molecule has 1 saturated heterocycles. The fourth-order valence-electron chi connectivity index (χ4n) is 2.93. The molecule has 1 aliphatic heterocycles. The predicted molar refractivity (Wildman–Crippen MR) is 77.7 cm³/mol. The highest BCUT2D eigenvalue weighted by Gasteiger charge is 2.28. The number of hydrogen-bond donors (Lipinski definition) is 2. The first-order chi connectivity index (χ1) is 9.11. The van der Waals surface area contributed by atoms with Gasteiger partial charge in [-0.15, -0.1) is 0 Å². The third kappa shape index (κ3) is 3.35. The zero-order valence-corrected chi connectivity index (χ0v) is 12.1. The summed E-state index contributed by atoms with van der Waals surface area (Å²) in [5.41, 5.74) is -0.0667. The number of aryl methyl sites for hydroxylation is 1. The molecule has 2 N–H and O–H groups in total. The van der Waals surface area contributed by atoms with Gasteiger partial charge in [0.25, 0.3) is 5.56 Å². The Bertz CT molecular complexity index is 471. The number of anilines is 1. The van der Waals surface area contributed by atoms with Gasteiger partial charge in [0.2, 0.25) is 0 Å². The standard InChI is InChI=1S/C14H24N4O/c1-4-15-10(2)12-7-5-6-8-18(12)13-9-14(19)17-11(3)16-13/h9-10,12,15H,4-8H2,1-3H3,(H,16,17,19). The highest BCUT2D eigenvalue weighted by Crippen LogP contribution is 2.24. The van der Waals surface area contributed by atoms with Crippen molar-refractivity contribution in [3.05, 3.63) is 22.2 Å². The average molecular weight is 264 g/mol. The van der Waals surface area contributed by atoms with E-state index in [9.17, 15) is 4.79 Å². The minimum atomic E-state index is -0.0667. The third-order valence-electron chi connectivity index (χ3n) is 3.79. The second kappa shape index (κ2) is 6.19. The summed E-state index contributed by atoms with van der Waals surface area (Å²) in [7, 11) is 0. The largest absolute Gasteiger partial charge is 0.352 e. The fraction of sp³-hybridized carbons (Fsp3) is 0.714. The van der Waals surface area contributed by atoms with Crippen molar-refractivity contribution in [2.45, 2.75) is 52.1 Å². The second-order valence-corrected chi connectivity index (χ2v) is 5.29. The van der Waals surface area contributed by atoms with Crippen LogP contribution in [0.5, 0.6) is 0 Å². The molecule has 1 aromatic heterocycles. The Balaban J connectivity index is 2.25. The number of likely N-dealkylation sites (N-methyl/N-ethyl adjacent to an activating group) is 1. The first kappa shape index (κ1) is 14.1. The summed E-state index contributed by atoms with van der Waals surface area (Å²) in [5.74, 6) is 1.50. The molecule has 0 aliphatic carbocycles. The summed E-state index contributed by atoms with van der Waals surface area (Å²) in [5, 5.41) is 3.49. The molecule has 5 heteroatoms. The van der Waals surface area contributed by atoms with Gasteiger partial charge in [-0.1, -0.05) is 6.92 Å². The van der Waals surface area contributed by atoms with Crippen LogP contribution in [0.4, 0.5) is 5.82 Å². The van der Waals surface area contributed by atoms with Crippen LogP contribution in [0.15, 0.2) is 10.9 Å². The lowest BCUT2D eigenvalue weighted by molar-refractivity contribution is 0.370. The Morgan fingerprint density at radius 1 is 1.58 bits per heavy atom. The van der Waals surface area contributed by atoms with E-state index in [1.807, 2.05) is 6.92 Å². The normalized spacial score (nSPS) is 21.4. The molecule has 19 heavy (non-hydrogen) atoms. The van der Waals surface area contributed by atoms with Crippen molar-refractivity contribution in [1.82, 2.24) is 15.3 Å². The van der Waals surface area contributed by atoms with E-state index in [0.29, 0.717) is 17.9 Å². The van der Waals surface area contributed by atoms with E-state index >= 15 is 0 Å². The number of hydrogen-bond acceptors (Lipinski definition) is 4. The number of aromatic amines is 1. The smallest absolute Gasteiger partial charge is 0.252 e. The quantitative estimate of drug-likeness (QED) is 0.864. The van der Waals surface area contributed by atoms with E-state index < -0.39 is 0 Å². The molecule has 2 heterocycles. The molecule has 0 saturated carbocycles. The maximum atomic E-state index is 11.6. The number of piperidine rings is 1. The number of H-pyrrole nitrogens is 1. The van der Waals surface area contributed by atoms with Crippen LogP contribution in [-0.4, -0.2) is 35.1 Å². The van der Waals surface area contributed by atoms with Gasteiger partial charge in [0.1, 0.15) is 11.6 Å². The van der Waals surface area contributed by atoms with Crippen molar-refractivity contribution in [3.63, 3.8) is 0 Å². The van der Waals surface area contributed by atoms with Gasteiger partial charge in [-0.25, -0.2) is 4.98 Å². The van der Waals surface area contributed by atoms with Crippen molar-refractivity contribution >= 4 is 5.82 Å². The molecule has 1 fully saturated rings. The van der Waals surface area contributed by atoms with Crippen LogP contribution in [0.25, 0.3) is 0 Å². The van der Waals surface area contributed by atoms with Crippen molar-refractivity contribution in [2.24, 2.45) is 0 Å². The molecular formula is C14H24N4O. The van der Waals surface area contributed by atoms with Gasteiger partial charge >= 0.3 is 0 Å². The summed E-state index contributed by atoms with van der Waals surface area (Å²) < 4.78 is 0. The van der Waals surface area contributed by atoms with Crippen LogP contribution in [0.1, 0.15) is 38.9 Å². The number of rotatable bonds is 4. The Morgan fingerprint density at radius 2 is 2.37 bits per heavy atom. The lowest BCUT2D eigenvalue weighted by Gasteiger charge is -2.40. The Morgan fingerprint density at radius 3 is 3.05 bits per heavy atom. The molecule has 2 unspecified atom stereocenters. The van der Waals surface area contributed by atoms with Gasteiger partial charge in [0.05, 0.1) is 0 Å². The second-order valence-electron chi connectivity index (χ2n) is 5.29. The molecule has 0 amide bonds. The van der Waals surface area contributed by atoms with E-state index in [-0.39, 0.29) is 5.56 Å². The van der Waals surface area contributed by atoms with Crippen molar-refractivity contribution in [3.8, 4) is 0 Å². The SMILES string of the molecule is CCNC(C)C1CCCCN1c1cc(=O)[nH]c(C)n1. The Labute approximate surface area is 114 Å². The van der Waals surface area contributed by atoms with Crippen LogP contribution in [-0.2, 0) is 0 Å². The monoisotopic (exact) mass is 264 g/mol. The zero-order chi connectivity index (χ0) is 13.8. The molecular weight excluding hydrogens is 240 g/mol. The minimum Gasteiger partial charge on any atom is -0.352 e. The lowest BCUT2D eigenvalue weighted by atomic mass is 9.96. The van der Waals surface area contributed by atoms with Crippen LogP contribution in [0, 0.1) is 6.92 Å². The predicted octanol–water partition coefficient (Wildman–Crippen LogP) is 1.44. The van der Waals surface area contributed by atoms with Gasteiger partial charge in [-0.05, 0) is 39.7 Å². The van der Waals surface area contributed by atoms with Crippen molar-refractivity contribution in [2.75, 3.05) is 18.0 Å². The highest BCUT2D eigenvalue weighted by atomic mass is 16.1. The zero-order valence-electron chi connectivity index (χ0n) is 12.1. The maximum absolute atomic E-state index is 11.6. The molecule has 1 aromatic rings. The third-order valence-corrected chi connectivity index (χ3v) is 3.79. The van der Waals surface area contributed by atoms with Gasteiger partial charge < -0.3 is 15.2 Å². The summed E-state index contributed by atoms with van der Waals surface area (Å²) >= 11 is 0. The van der Waals surface area contributed by atoms with E-state index in [1.54, 1.807) is 6.07 Å². The van der Waals surface area contributed by atoms with E-state index in [4.69, 9.17) is 0 Å². The molecule has 2 atom stereocenters. The lowest BCUT2D eigenvalue weighted by Crippen LogP contribution is -2.51. The van der Waals surface area contributed by atoms with Gasteiger partial charge in [-0.3, -0.25) is 4.79 Å². The Hall–Kier alpha value is -1.36. The first-order valence-corrected chi connectivity index (χ1v) is 7.19. The molecule has 1 aliphatic rings. The molecule has 0 radical (unpaired) electrons. The number of nitrogens with one attached hydrogen (secondary N) is 2. The van der Waals surface area contributed by atoms with Crippen LogP contribution < -0.4 is 15.8 Å². The first-order valence-electron chi connectivity index (χ1n) is 7.19. The van der Waals surface area contributed by atoms with Crippen LogP contribution in [0.3, 0.4) is 0 Å².